The molecule has 2 N–H and O–H groups in total. The topological polar surface area (TPSA) is 78.9 Å². The molecular formula is C28H54N2O4. The average Bonchev–Trinajstić information content (AvgIpc) is 3.17. The summed E-state index contributed by atoms with van der Waals surface area (Å²) in [6.07, 6.45) is 14.6. The molecule has 1 unspecified atom stereocenters. The number of amides is 3. The van der Waals surface area contributed by atoms with Crippen LogP contribution in [0.15, 0.2) is 0 Å². The maximum absolute atomic E-state index is 11.9. The van der Waals surface area contributed by atoms with E-state index in [1.807, 2.05) is 0 Å². The van der Waals surface area contributed by atoms with Crippen molar-refractivity contribution in [2.75, 3.05) is 32.9 Å². The van der Waals surface area contributed by atoms with E-state index < -0.39 is 0 Å². The van der Waals surface area contributed by atoms with Crippen LogP contribution in [0.25, 0.3) is 0 Å². The molecule has 1 fully saturated rings. The third kappa shape index (κ3) is 10.2. The highest BCUT2D eigenvalue weighted by atomic mass is 16.5. The maximum atomic E-state index is 11.9. The van der Waals surface area contributed by atoms with Crippen molar-refractivity contribution >= 4 is 11.9 Å². The summed E-state index contributed by atoms with van der Waals surface area (Å²) in [5.74, 6) is 0.326. The van der Waals surface area contributed by atoms with Gasteiger partial charge in [-0.1, -0.05) is 73.1 Å². The molecule has 0 radical (unpaired) electrons. The normalized spacial score (nSPS) is 15.8. The Kier molecular flexibility index (Phi) is 15.0. The molecule has 1 aliphatic heterocycles. The van der Waals surface area contributed by atoms with Crippen LogP contribution in [0.4, 0.5) is 4.79 Å². The third-order valence-corrected chi connectivity index (χ3v) is 8.92. The van der Waals surface area contributed by atoms with Crippen LogP contribution in [0.5, 0.6) is 0 Å². The number of imide groups is 1. The fourth-order valence-electron chi connectivity index (χ4n) is 5.58. The largest absolute Gasteiger partial charge is 0.396 e. The van der Waals surface area contributed by atoms with Crippen molar-refractivity contribution in [2.45, 2.75) is 118 Å². The van der Waals surface area contributed by atoms with E-state index in [0.717, 1.165) is 64.6 Å². The Bertz CT molecular complexity index is 573. The van der Waals surface area contributed by atoms with Gasteiger partial charge in [0.05, 0.1) is 0 Å². The van der Waals surface area contributed by atoms with Gasteiger partial charge in [-0.05, 0) is 61.7 Å². The summed E-state index contributed by atoms with van der Waals surface area (Å²) < 4.78 is 6.00. The molecule has 1 saturated heterocycles. The van der Waals surface area contributed by atoms with Crippen molar-refractivity contribution in [3.8, 4) is 0 Å². The van der Waals surface area contributed by atoms with E-state index in [2.05, 4.69) is 39.9 Å². The molecule has 6 heteroatoms. The van der Waals surface area contributed by atoms with Gasteiger partial charge in [-0.25, -0.2) is 4.79 Å². The quantitative estimate of drug-likeness (QED) is 0.148. The van der Waals surface area contributed by atoms with Crippen LogP contribution >= 0.6 is 0 Å². The molecule has 200 valence electrons. The summed E-state index contributed by atoms with van der Waals surface area (Å²) in [6.45, 7) is 14.3. The maximum Gasteiger partial charge on any atom is 0.324 e. The van der Waals surface area contributed by atoms with Crippen molar-refractivity contribution < 1.29 is 19.4 Å². The highest BCUT2D eigenvalue weighted by Gasteiger charge is 2.33. The number of hydrogen-bond donors (Lipinski definition) is 2. The van der Waals surface area contributed by atoms with Gasteiger partial charge in [0.1, 0.15) is 6.54 Å². The molecule has 1 aliphatic rings. The van der Waals surface area contributed by atoms with E-state index in [0.29, 0.717) is 24.5 Å². The Morgan fingerprint density at radius 1 is 0.912 bits per heavy atom. The number of ether oxygens (including phenoxy) is 1. The minimum atomic E-state index is -0.245. The SMILES string of the molecule is CCC(CC)(CCCCO)CCCCOCCCC(CCN1CC(=O)NC1=O)C(C)(CC)CC. The average molecular weight is 483 g/mol. The smallest absolute Gasteiger partial charge is 0.324 e. The van der Waals surface area contributed by atoms with Gasteiger partial charge < -0.3 is 14.7 Å². The molecule has 0 saturated carbocycles. The van der Waals surface area contributed by atoms with Crippen LogP contribution in [0.1, 0.15) is 118 Å². The Balaban J connectivity index is 2.35. The number of aliphatic hydroxyl groups excluding tert-OH is 1. The van der Waals surface area contributed by atoms with Gasteiger partial charge in [0, 0.05) is 26.4 Å². The lowest BCUT2D eigenvalue weighted by molar-refractivity contribution is -0.118. The minimum Gasteiger partial charge on any atom is -0.396 e. The summed E-state index contributed by atoms with van der Waals surface area (Å²) in [4.78, 5) is 25.0. The lowest BCUT2D eigenvalue weighted by Gasteiger charge is -2.37. The molecule has 0 spiro atoms. The first-order valence-electron chi connectivity index (χ1n) is 14.1. The van der Waals surface area contributed by atoms with Crippen molar-refractivity contribution in [1.29, 1.82) is 0 Å². The van der Waals surface area contributed by atoms with Crippen LogP contribution in [-0.2, 0) is 9.53 Å². The van der Waals surface area contributed by atoms with Crippen LogP contribution in [-0.4, -0.2) is 54.9 Å². The van der Waals surface area contributed by atoms with Gasteiger partial charge in [0.25, 0.3) is 0 Å². The number of nitrogens with one attached hydrogen (secondary N) is 1. The van der Waals surface area contributed by atoms with Crippen molar-refractivity contribution in [2.24, 2.45) is 16.7 Å². The highest BCUT2D eigenvalue weighted by molar-refractivity contribution is 6.01. The molecule has 6 nitrogen and oxygen atoms in total. The Morgan fingerprint density at radius 2 is 1.53 bits per heavy atom. The van der Waals surface area contributed by atoms with E-state index in [1.165, 1.54) is 32.1 Å². The Hall–Kier alpha value is -1.14. The van der Waals surface area contributed by atoms with E-state index >= 15 is 0 Å². The molecule has 0 aromatic heterocycles. The summed E-state index contributed by atoms with van der Waals surface area (Å²) in [5.41, 5.74) is 0.684. The van der Waals surface area contributed by atoms with Crippen LogP contribution in [0, 0.1) is 16.7 Å². The van der Waals surface area contributed by atoms with Crippen molar-refractivity contribution in [3.05, 3.63) is 0 Å². The predicted octanol–water partition coefficient (Wildman–Crippen LogP) is 6.31. The molecule has 0 aliphatic carbocycles. The van der Waals surface area contributed by atoms with E-state index in [1.54, 1.807) is 4.90 Å². The lowest BCUT2D eigenvalue weighted by Crippen LogP contribution is -2.34. The summed E-state index contributed by atoms with van der Waals surface area (Å²) in [7, 11) is 0. The highest BCUT2D eigenvalue weighted by Crippen LogP contribution is 2.40. The van der Waals surface area contributed by atoms with Gasteiger partial charge in [-0.15, -0.1) is 0 Å². The first-order chi connectivity index (χ1) is 16.3. The Labute approximate surface area is 209 Å². The first kappa shape index (κ1) is 30.9. The molecule has 0 bridgehead atoms. The minimum absolute atomic E-state index is 0.191. The summed E-state index contributed by atoms with van der Waals surface area (Å²) in [6, 6.07) is -0.245. The number of rotatable bonds is 21. The molecule has 1 heterocycles. The van der Waals surface area contributed by atoms with E-state index in [4.69, 9.17) is 9.84 Å². The zero-order chi connectivity index (χ0) is 25.5. The zero-order valence-electron chi connectivity index (χ0n) is 22.9. The second-order valence-corrected chi connectivity index (χ2v) is 10.7. The van der Waals surface area contributed by atoms with Crippen molar-refractivity contribution in [3.63, 3.8) is 0 Å². The van der Waals surface area contributed by atoms with Gasteiger partial charge in [-0.3, -0.25) is 10.1 Å². The van der Waals surface area contributed by atoms with Crippen LogP contribution < -0.4 is 5.32 Å². The van der Waals surface area contributed by atoms with Gasteiger partial charge in [0.2, 0.25) is 5.91 Å². The monoisotopic (exact) mass is 482 g/mol. The third-order valence-electron chi connectivity index (χ3n) is 8.92. The second kappa shape index (κ2) is 16.5. The molecule has 3 amide bonds. The number of urea groups is 1. The fraction of sp³-hybridized carbons (Fsp3) is 0.929. The standard InChI is InChI=1S/C28H54N2O4/c1-6-27(5,7-2)24(16-19-30-23-25(32)29-26(30)33)15-14-22-34-21-13-11-18-28(8-3,9-4)17-10-12-20-31/h24,31H,6-23H2,1-5H3,(H,29,32,33). The number of carbonyl (C=O) groups excluding carboxylic acids is 2. The predicted molar refractivity (Wildman–Crippen MR) is 140 cm³/mol. The summed E-state index contributed by atoms with van der Waals surface area (Å²) in [5, 5.41) is 11.5. The van der Waals surface area contributed by atoms with E-state index in [-0.39, 0.29) is 23.9 Å². The number of carbonyl (C=O) groups is 2. The summed E-state index contributed by atoms with van der Waals surface area (Å²) >= 11 is 0. The fourth-order valence-corrected chi connectivity index (χ4v) is 5.58. The number of nitrogens with zero attached hydrogens (tertiary/aromatic N) is 1. The van der Waals surface area contributed by atoms with Gasteiger partial charge >= 0.3 is 6.03 Å². The zero-order valence-corrected chi connectivity index (χ0v) is 22.9. The number of aliphatic hydroxyl groups is 1. The molecule has 0 aromatic rings. The van der Waals surface area contributed by atoms with Gasteiger partial charge in [0.15, 0.2) is 0 Å². The molecule has 1 atom stereocenters. The van der Waals surface area contributed by atoms with Gasteiger partial charge in [-0.2, -0.15) is 0 Å². The van der Waals surface area contributed by atoms with E-state index in [9.17, 15) is 9.59 Å². The second-order valence-electron chi connectivity index (χ2n) is 10.7. The number of unbranched alkanes of at least 4 members (excludes halogenated alkanes) is 2. The molecule has 1 rings (SSSR count). The van der Waals surface area contributed by atoms with Crippen LogP contribution in [0.2, 0.25) is 0 Å². The first-order valence-corrected chi connectivity index (χ1v) is 14.1. The van der Waals surface area contributed by atoms with Crippen LogP contribution in [0.3, 0.4) is 0 Å². The number of hydrogen-bond acceptors (Lipinski definition) is 4. The lowest BCUT2D eigenvalue weighted by atomic mass is 9.69. The molecular weight excluding hydrogens is 428 g/mol. The van der Waals surface area contributed by atoms with Crippen molar-refractivity contribution in [1.82, 2.24) is 10.2 Å². The molecule has 34 heavy (non-hydrogen) atoms. The Morgan fingerprint density at radius 3 is 2.06 bits per heavy atom. The molecule has 0 aromatic carbocycles.